The number of nitrogens with zero attached hydrogens (tertiary/aromatic N) is 1. The van der Waals surface area contributed by atoms with Crippen molar-refractivity contribution in [3.05, 3.63) is 107 Å². The van der Waals surface area contributed by atoms with Crippen molar-refractivity contribution < 1.29 is 23.9 Å². The molecule has 0 spiro atoms. The standard InChI is InChI=1S/C30H24N2O5S/c1-36-26-9-5-4-8-25(26)31-28(33)19-37-24-14-11-20(12-15-24)17-27-29(34)32(30(35)38-27)18-21-10-13-22-6-2-3-7-23(22)16-21/h2-17H,18-19H2,1H3,(H,31,33). The van der Waals surface area contributed by atoms with Gasteiger partial charge in [0.25, 0.3) is 17.1 Å². The summed E-state index contributed by atoms with van der Waals surface area (Å²) < 4.78 is 10.8. The van der Waals surface area contributed by atoms with Crippen molar-refractivity contribution >= 4 is 51.4 Å². The summed E-state index contributed by atoms with van der Waals surface area (Å²) in [6.07, 6.45) is 1.68. The van der Waals surface area contributed by atoms with E-state index >= 15 is 0 Å². The monoisotopic (exact) mass is 524 g/mol. The minimum atomic E-state index is -0.321. The molecule has 38 heavy (non-hydrogen) atoms. The van der Waals surface area contributed by atoms with Crippen LogP contribution in [0.1, 0.15) is 11.1 Å². The molecule has 1 aliphatic rings. The van der Waals surface area contributed by atoms with E-state index in [1.54, 1.807) is 48.5 Å². The van der Waals surface area contributed by atoms with Gasteiger partial charge in [0.15, 0.2) is 6.61 Å². The van der Waals surface area contributed by atoms with Crippen LogP contribution in [0.2, 0.25) is 0 Å². The molecule has 0 aromatic heterocycles. The molecule has 8 heteroatoms. The van der Waals surface area contributed by atoms with E-state index in [4.69, 9.17) is 9.47 Å². The molecule has 3 amide bonds. The van der Waals surface area contributed by atoms with Crippen LogP contribution in [0.15, 0.2) is 95.9 Å². The normalized spacial score (nSPS) is 14.2. The second-order valence-corrected chi connectivity index (χ2v) is 9.55. The van der Waals surface area contributed by atoms with Crippen LogP contribution >= 0.6 is 11.8 Å². The molecule has 1 N–H and O–H groups in total. The molecule has 0 unspecified atom stereocenters. The molecule has 0 saturated carbocycles. The molecule has 190 valence electrons. The van der Waals surface area contributed by atoms with E-state index in [-0.39, 0.29) is 30.2 Å². The lowest BCUT2D eigenvalue weighted by Gasteiger charge is -2.13. The van der Waals surface area contributed by atoms with Crippen LogP contribution in [0.4, 0.5) is 10.5 Å². The summed E-state index contributed by atoms with van der Waals surface area (Å²) >= 11 is 0.926. The SMILES string of the molecule is COc1ccccc1NC(=O)COc1ccc(C=C2SC(=O)N(Cc3ccc4ccccc4c3)C2=O)cc1. The van der Waals surface area contributed by atoms with Crippen molar-refractivity contribution in [3.63, 3.8) is 0 Å². The van der Waals surface area contributed by atoms with E-state index in [1.807, 2.05) is 48.5 Å². The minimum Gasteiger partial charge on any atom is -0.495 e. The Bertz CT molecular complexity index is 1550. The molecule has 1 fully saturated rings. The van der Waals surface area contributed by atoms with Crippen LogP contribution in [0.3, 0.4) is 0 Å². The third-order valence-electron chi connectivity index (χ3n) is 5.96. The van der Waals surface area contributed by atoms with Gasteiger partial charge in [-0.05, 0) is 70.1 Å². The average molecular weight is 525 g/mol. The zero-order chi connectivity index (χ0) is 26.5. The summed E-state index contributed by atoms with van der Waals surface area (Å²) in [4.78, 5) is 39.4. The van der Waals surface area contributed by atoms with Gasteiger partial charge in [-0.15, -0.1) is 0 Å². The van der Waals surface area contributed by atoms with Crippen LogP contribution in [0, 0.1) is 0 Å². The Balaban J connectivity index is 1.19. The second-order valence-electron chi connectivity index (χ2n) is 8.56. The predicted molar refractivity (Wildman–Crippen MR) is 149 cm³/mol. The maximum absolute atomic E-state index is 13.0. The minimum absolute atomic E-state index is 0.176. The van der Waals surface area contributed by atoms with E-state index in [0.29, 0.717) is 22.1 Å². The van der Waals surface area contributed by atoms with E-state index < -0.39 is 0 Å². The zero-order valence-corrected chi connectivity index (χ0v) is 21.4. The summed E-state index contributed by atoms with van der Waals surface area (Å²) in [5.74, 6) is 0.425. The summed E-state index contributed by atoms with van der Waals surface area (Å²) in [6.45, 7) is 0.0432. The highest BCUT2D eigenvalue weighted by atomic mass is 32.2. The smallest absolute Gasteiger partial charge is 0.293 e. The Morgan fingerprint density at radius 1 is 0.921 bits per heavy atom. The first-order valence-electron chi connectivity index (χ1n) is 11.9. The zero-order valence-electron chi connectivity index (χ0n) is 20.5. The Morgan fingerprint density at radius 2 is 1.66 bits per heavy atom. The third-order valence-corrected chi connectivity index (χ3v) is 6.86. The number of para-hydroxylation sites is 2. The topological polar surface area (TPSA) is 84.9 Å². The van der Waals surface area contributed by atoms with Crippen molar-refractivity contribution in [2.75, 3.05) is 19.0 Å². The summed E-state index contributed by atoms with van der Waals surface area (Å²) in [6, 6.07) is 28.0. The fourth-order valence-corrected chi connectivity index (χ4v) is 4.89. The van der Waals surface area contributed by atoms with Crippen molar-refractivity contribution in [2.45, 2.75) is 6.54 Å². The number of anilines is 1. The van der Waals surface area contributed by atoms with Gasteiger partial charge in [-0.25, -0.2) is 0 Å². The molecule has 0 aliphatic carbocycles. The predicted octanol–water partition coefficient (Wildman–Crippen LogP) is 6.10. The van der Waals surface area contributed by atoms with Gasteiger partial charge in [-0.1, -0.05) is 60.7 Å². The Morgan fingerprint density at radius 3 is 2.45 bits per heavy atom. The number of hydrogen-bond acceptors (Lipinski definition) is 6. The molecule has 4 aromatic rings. The lowest BCUT2D eigenvalue weighted by atomic mass is 10.1. The van der Waals surface area contributed by atoms with E-state index in [2.05, 4.69) is 5.32 Å². The van der Waals surface area contributed by atoms with Crippen LogP contribution in [0.25, 0.3) is 16.8 Å². The highest BCUT2D eigenvalue weighted by Crippen LogP contribution is 2.34. The largest absolute Gasteiger partial charge is 0.495 e. The number of carbonyl (C=O) groups is 3. The molecule has 7 nitrogen and oxygen atoms in total. The molecule has 4 aromatic carbocycles. The molecule has 5 rings (SSSR count). The molecular formula is C30H24N2O5S. The Hall–Kier alpha value is -4.56. The Labute approximate surface area is 224 Å². The first-order valence-corrected chi connectivity index (χ1v) is 12.7. The molecule has 0 atom stereocenters. The number of ether oxygens (including phenoxy) is 2. The number of nitrogens with one attached hydrogen (secondary N) is 1. The first kappa shape index (κ1) is 25.1. The summed E-state index contributed by atoms with van der Waals surface area (Å²) in [5.41, 5.74) is 2.20. The highest BCUT2D eigenvalue weighted by Gasteiger charge is 2.35. The molecule has 1 saturated heterocycles. The van der Waals surface area contributed by atoms with Gasteiger partial charge >= 0.3 is 0 Å². The van der Waals surface area contributed by atoms with Gasteiger partial charge in [0.2, 0.25) is 0 Å². The van der Waals surface area contributed by atoms with Crippen LogP contribution in [-0.2, 0) is 16.1 Å². The quantitative estimate of drug-likeness (QED) is 0.280. The second kappa shape index (κ2) is 11.2. The van der Waals surface area contributed by atoms with Crippen molar-refractivity contribution in [1.82, 2.24) is 4.90 Å². The van der Waals surface area contributed by atoms with Gasteiger partial charge in [0.05, 0.1) is 24.2 Å². The van der Waals surface area contributed by atoms with E-state index in [1.165, 1.54) is 12.0 Å². The number of benzene rings is 4. The number of amides is 3. The highest BCUT2D eigenvalue weighted by molar-refractivity contribution is 8.18. The summed E-state index contributed by atoms with van der Waals surface area (Å²) in [5, 5.41) is 4.63. The van der Waals surface area contributed by atoms with Crippen LogP contribution in [0.5, 0.6) is 11.5 Å². The van der Waals surface area contributed by atoms with Crippen LogP contribution < -0.4 is 14.8 Å². The average Bonchev–Trinajstić information content (AvgIpc) is 3.20. The van der Waals surface area contributed by atoms with Crippen LogP contribution in [-0.4, -0.2) is 35.7 Å². The first-order chi connectivity index (χ1) is 18.5. The number of fused-ring (bicyclic) bond motifs is 1. The fourth-order valence-electron chi connectivity index (χ4n) is 4.05. The van der Waals surface area contributed by atoms with E-state index in [0.717, 1.165) is 33.7 Å². The third kappa shape index (κ3) is 5.71. The van der Waals surface area contributed by atoms with Gasteiger partial charge in [-0.3, -0.25) is 19.3 Å². The maximum Gasteiger partial charge on any atom is 0.293 e. The fraction of sp³-hybridized carbons (Fsp3) is 0.100. The number of methoxy groups -OCH3 is 1. The van der Waals surface area contributed by atoms with Gasteiger partial charge in [0, 0.05) is 0 Å². The number of carbonyl (C=O) groups excluding carboxylic acids is 3. The molecule has 0 radical (unpaired) electrons. The van der Waals surface area contributed by atoms with Crippen molar-refractivity contribution in [3.8, 4) is 11.5 Å². The molecular weight excluding hydrogens is 500 g/mol. The summed E-state index contributed by atoms with van der Waals surface area (Å²) in [7, 11) is 1.54. The number of hydrogen-bond donors (Lipinski definition) is 1. The lowest BCUT2D eigenvalue weighted by molar-refractivity contribution is -0.123. The van der Waals surface area contributed by atoms with Crippen molar-refractivity contribution in [2.24, 2.45) is 0 Å². The maximum atomic E-state index is 13.0. The number of thioether (sulfide) groups is 1. The lowest BCUT2D eigenvalue weighted by Crippen LogP contribution is -2.27. The Kier molecular flexibility index (Phi) is 7.42. The molecule has 0 bridgehead atoms. The molecule has 1 aliphatic heterocycles. The van der Waals surface area contributed by atoms with Gasteiger partial charge in [0.1, 0.15) is 11.5 Å². The molecule has 1 heterocycles. The van der Waals surface area contributed by atoms with Crippen molar-refractivity contribution in [1.29, 1.82) is 0 Å². The van der Waals surface area contributed by atoms with Gasteiger partial charge in [-0.2, -0.15) is 0 Å². The van der Waals surface area contributed by atoms with E-state index in [9.17, 15) is 14.4 Å². The van der Waals surface area contributed by atoms with Gasteiger partial charge < -0.3 is 14.8 Å². The number of imide groups is 1. The number of rotatable bonds is 8.